The largest absolute Gasteiger partial charge is 0.192 e. The van der Waals surface area contributed by atoms with Crippen molar-refractivity contribution in [1.82, 2.24) is 0 Å². The van der Waals surface area contributed by atoms with Gasteiger partial charge in [0.05, 0.1) is 16.0 Å². The molecule has 1 atom stereocenters. The smallest absolute Gasteiger partial charge is 0.0991 e. The van der Waals surface area contributed by atoms with Gasteiger partial charge in [0.2, 0.25) is 0 Å². The zero-order chi connectivity index (χ0) is 11.5. The van der Waals surface area contributed by atoms with Crippen LogP contribution in [0.25, 0.3) is 0 Å². The normalized spacial score (nSPS) is 12.1. The van der Waals surface area contributed by atoms with Crippen LogP contribution in [0.15, 0.2) is 36.4 Å². The van der Waals surface area contributed by atoms with Gasteiger partial charge in [-0.25, -0.2) is 0 Å². The number of nitriles is 1. The Morgan fingerprint density at radius 2 is 1.88 bits per heavy atom. The van der Waals surface area contributed by atoms with Crippen molar-refractivity contribution in [3.05, 3.63) is 56.7 Å². The molecular formula is C13H10ClNS. The second kappa shape index (κ2) is 4.69. The van der Waals surface area contributed by atoms with Crippen molar-refractivity contribution in [2.75, 3.05) is 0 Å². The third-order valence-electron chi connectivity index (χ3n) is 2.56. The second-order valence-electron chi connectivity index (χ2n) is 3.60. The molecule has 1 heterocycles. The lowest BCUT2D eigenvalue weighted by atomic mass is 9.99. The quantitative estimate of drug-likeness (QED) is 0.770. The van der Waals surface area contributed by atoms with Gasteiger partial charge in [-0.3, -0.25) is 0 Å². The molecule has 0 aliphatic rings. The fourth-order valence-electron chi connectivity index (χ4n) is 1.57. The zero-order valence-electron chi connectivity index (χ0n) is 8.77. The lowest BCUT2D eigenvalue weighted by Gasteiger charge is -2.09. The highest BCUT2D eigenvalue weighted by atomic mass is 35.5. The minimum Gasteiger partial charge on any atom is -0.192 e. The van der Waals surface area contributed by atoms with E-state index in [2.05, 4.69) is 19.1 Å². The third kappa shape index (κ3) is 2.27. The summed E-state index contributed by atoms with van der Waals surface area (Å²) in [7, 11) is 0. The Morgan fingerprint density at radius 3 is 2.38 bits per heavy atom. The molecule has 0 aliphatic carbocycles. The van der Waals surface area contributed by atoms with Crippen LogP contribution in [0.4, 0.5) is 0 Å². The summed E-state index contributed by atoms with van der Waals surface area (Å²) in [5.41, 5.74) is 1.90. The van der Waals surface area contributed by atoms with E-state index in [0.29, 0.717) is 11.5 Å². The molecule has 2 rings (SSSR count). The fraction of sp³-hybridized carbons (Fsp3) is 0.154. The van der Waals surface area contributed by atoms with Crippen molar-refractivity contribution in [3.63, 3.8) is 0 Å². The summed E-state index contributed by atoms with van der Waals surface area (Å²) in [5.74, 6) is 0.324. The molecule has 3 heteroatoms. The first-order valence-corrected chi connectivity index (χ1v) is 6.15. The lowest BCUT2D eigenvalue weighted by Crippen LogP contribution is -1.92. The molecule has 1 unspecified atom stereocenters. The average Bonchev–Trinajstić information content (AvgIpc) is 2.75. The summed E-state index contributed by atoms with van der Waals surface area (Å²) in [4.78, 5) is 1.25. The topological polar surface area (TPSA) is 23.8 Å². The van der Waals surface area contributed by atoms with E-state index in [4.69, 9.17) is 16.9 Å². The Morgan fingerprint density at radius 1 is 1.19 bits per heavy atom. The van der Waals surface area contributed by atoms with Crippen LogP contribution in [0.3, 0.4) is 0 Å². The highest BCUT2D eigenvalue weighted by Gasteiger charge is 2.10. The van der Waals surface area contributed by atoms with E-state index in [0.717, 1.165) is 4.34 Å². The molecule has 0 spiro atoms. The SMILES string of the molecule is CC(c1ccc(C#N)cc1)c1ccc(Cl)s1. The van der Waals surface area contributed by atoms with Gasteiger partial charge in [-0.2, -0.15) is 5.26 Å². The van der Waals surface area contributed by atoms with Crippen LogP contribution in [0.5, 0.6) is 0 Å². The lowest BCUT2D eigenvalue weighted by molar-refractivity contribution is 0.947. The van der Waals surface area contributed by atoms with Crippen molar-refractivity contribution >= 4 is 22.9 Å². The van der Waals surface area contributed by atoms with Crippen molar-refractivity contribution in [2.24, 2.45) is 0 Å². The summed E-state index contributed by atoms with van der Waals surface area (Å²) in [5, 5.41) is 8.72. The van der Waals surface area contributed by atoms with Gasteiger partial charge in [0.15, 0.2) is 0 Å². The number of hydrogen-bond donors (Lipinski definition) is 0. The van der Waals surface area contributed by atoms with E-state index in [1.54, 1.807) is 11.3 Å². The van der Waals surface area contributed by atoms with E-state index in [-0.39, 0.29) is 0 Å². The Hall–Kier alpha value is -1.30. The zero-order valence-corrected chi connectivity index (χ0v) is 10.3. The van der Waals surface area contributed by atoms with E-state index >= 15 is 0 Å². The van der Waals surface area contributed by atoms with Gasteiger partial charge >= 0.3 is 0 Å². The van der Waals surface area contributed by atoms with E-state index in [9.17, 15) is 0 Å². The predicted octanol–water partition coefficient (Wildman–Crippen LogP) is 4.42. The Bertz CT molecular complexity index is 522. The number of thiophene rings is 1. The van der Waals surface area contributed by atoms with Crippen LogP contribution in [0.1, 0.15) is 28.8 Å². The third-order valence-corrected chi connectivity index (χ3v) is 3.97. The van der Waals surface area contributed by atoms with Crippen molar-refractivity contribution < 1.29 is 0 Å². The highest BCUT2D eigenvalue weighted by Crippen LogP contribution is 2.32. The van der Waals surface area contributed by atoms with Gasteiger partial charge in [0.1, 0.15) is 0 Å². The van der Waals surface area contributed by atoms with Gasteiger partial charge in [-0.1, -0.05) is 30.7 Å². The Balaban J connectivity index is 2.27. The molecule has 80 valence electrons. The molecule has 0 aliphatic heterocycles. The van der Waals surface area contributed by atoms with Crippen LogP contribution in [-0.2, 0) is 0 Å². The molecule has 0 radical (unpaired) electrons. The van der Waals surface area contributed by atoms with Gasteiger partial charge in [0, 0.05) is 10.8 Å². The molecule has 2 aromatic rings. The first-order chi connectivity index (χ1) is 7.70. The molecule has 0 saturated heterocycles. The molecule has 16 heavy (non-hydrogen) atoms. The van der Waals surface area contributed by atoms with E-state index in [1.807, 2.05) is 30.3 Å². The molecular weight excluding hydrogens is 238 g/mol. The van der Waals surface area contributed by atoms with Crippen LogP contribution in [-0.4, -0.2) is 0 Å². The summed E-state index contributed by atoms with van der Waals surface area (Å²) in [6.45, 7) is 2.14. The maximum absolute atomic E-state index is 8.72. The average molecular weight is 248 g/mol. The second-order valence-corrected chi connectivity index (χ2v) is 5.34. The highest BCUT2D eigenvalue weighted by molar-refractivity contribution is 7.16. The van der Waals surface area contributed by atoms with Crippen LogP contribution in [0, 0.1) is 11.3 Å². The molecule has 1 aromatic heterocycles. The first kappa shape index (κ1) is 11.2. The van der Waals surface area contributed by atoms with Gasteiger partial charge in [-0.05, 0) is 29.8 Å². The molecule has 0 fully saturated rings. The van der Waals surface area contributed by atoms with Gasteiger partial charge in [0.25, 0.3) is 0 Å². The van der Waals surface area contributed by atoms with Crippen molar-refractivity contribution in [3.8, 4) is 6.07 Å². The molecule has 0 bridgehead atoms. The Kier molecular flexibility index (Phi) is 3.28. The van der Waals surface area contributed by atoms with Crippen molar-refractivity contribution in [2.45, 2.75) is 12.8 Å². The summed E-state index contributed by atoms with van der Waals surface area (Å²) in [6, 6.07) is 13.8. The summed E-state index contributed by atoms with van der Waals surface area (Å²) < 4.78 is 0.815. The molecule has 0 amide bonds. The predicted molar refractivity (Wildman–Crippen MR) is 68.0 cm³/mol. The minimum absolute atomic E-state index is 0.324. The van der Waals surface area contributed by atoms with Gasteiger partial charge < -0.3 is 0 Å². The fourth-order valence-corrected chi connectivity index (χ4v) is 2.71. The summed E-state index contributed by atoms with van der Waals surface area (Å²) >= 11 is 7.52. The Labute approximate surface area is 104 Å². The van der Waals surface area contributed by atoms with Crippen molar-refractivity contribution in [1.29, 1.82) is 5.26 Å². The van der Waals surface area contributed by atoms with Crippen LogP contribution < -0.4 is 0 Å². The van der Waals surface area contributed by atoms with E-state index < -0.39 is 0 Å². The maximum Gasteiger partial charge on any atom is 0.0991 e. The number of nitrogens with zero attached hydrogens (tertiary/aromatic N) is 1. The summed E-state index contributed by atoms with van der Waals surface area (Å²) in [6.07, 6.45) is 0. The monoisotopic (exact) mass is 247 g/mol. The number of benzene rings is 1. The van der Waals surface area contributed by atoms with Crippen LogP contribution >= 0.6 is 22.9 Å². The van der Waals surface area contributed by atoms with Crippen LogP contribution in [0.2, 0.25) is 4.34 Å². The maximum atomic E-state index is 8.72. The molecule has 1 aromatic carbocycles. The first-order valence-electron chi connectivity index (χ1n) is 4.96. The standard InChI is InChI=1S/C13H10ClNS/c1-9(12-6-7-13(14)16-12)11-4-2-10(8-15)3-5-11/h2-7,9H,1H3. The molecule has 0 saturated carbocycles. The van der Waals surface area contributed by atoms with Gasteiger partial charge in [-0.15, -0.1) is 11.3 Å². The minimum atomic E-state index is 0.324. The number of hydrogen-bond acceptors (Lipinski definition) is 2. The number of rotatable bonds is 2. The number of halogens is 1. The van der Waals surface area contributed by atoms with E-state index in [1.165, 1.54) is 10.4 Å². The molecule has 1 nitrogen and oxygen atoms in total. The molecule has 0 N–H and O–H groups in total.